The number of carbonyl (C=O) groups is 2. The second-order valence-corrected chi connectivity index (χ2v) is 6.85. The summed E-state index contributed by atoms with van der Waals surface area (Å²) in [4.78, 5) is 26.8. The van der Waals surface area contributed by atoms with Crippen molar-refractivity contribution in [1.82, 2.24) is 10.2 Å². The first kappa shape index (κ1) is 18.9. The highest BCUT2D eigenvalue weighted by atomic mass is 16.5. The van der Waals surface area contributed by atoms with Crippen LogP contribution in [-0.4, -0.2) is 36.4 Å². The molecule has 1 aliphatic heterocycles. The van der Waals surface area contributed by atoms with E-state index in [0.717, 1.165) is 22.4 Å². The average Bonchev–Trinajstić information content (AvgIpc) is 3.02. The summed E-state index contributed by atoms with van der Waals surface area (Å²) in [6.07, 6.45) is 0.585. The number of hydrogen-bond acceptors (Lipinski definition) is 4. The SMILES string of the molecule is COc1ccc(CN2CCC(NC(=O)C(N)c3ccc(C)cc3)C2=O)cc1. The van der Waals surface area contributed by atoms with Gasteiger partial charge in [-0.25, -0.2) is 0 Å². The quantitative estimate of drug-likeness (QED) is 0.817. The number of nitrogens with zero attached hydrogens (tertiary/aromatic N) is 1. The fraction of sp³-hybridized carbons (Fsp3) is 0.333. The molecule has 142 valence electrons. The second-order valence-electron chi connectivity index (χ2n) is 6.85. The smallest absolute Gasteiger partial charge is 0.245 e. The Hall–Kier alpha value is -2.86. The predicted octanol–water partition coefficient (Wildman–Crippen LogP) is 1.92. The molecule has 0 spiro atoms. The van der Waals surface area contributed by atoms with Gasteiger partial charge in [0.05, 0.1) is 7.11 Å². The number of ether oxygens (including phenoxy) is 1. The van der Waals surface area contributed by atoms with Gasteiger partial charge in [-0.1, -0.05) is 42.0 Å². The van der Waals surface area contributed by atoms with Crippen LogP contribution in [0.2, 0.25) is 0 Å². The highest BCUT2D eigenvalue weighted by Crippen LogP contribution is 2.19. The van der Waals surface area contributed by atoms with Crippen LogP contribution in [-0.2, 0) is 16.1 Å². The number of methoxy groups -OCH3 is 1. The van der Waals surface area contributed by atoms with Crippen LogP contribution in [0.5, 0.6) is 5.75 Å². The maximum absolute atomic E-state index is 12.6. The molecule has 0 radical (unpaired) electrons. The molecule has 2 unspecified atom stereocenters. The molecule has 1 aliphatic rings. The van der Waals surface area contributed by atoms with Crippen molar-refractivity contribution in [3.8, 4) is 5.75 Å². The molecule has 2 aromatic carbocycles. The summed E-state index contributed by atoms with van der Waals surface area (Å²) in [5.74, 6) is 0.375. The lowest BCUT2D eigenvalue weighted by atomic mass is 10.0. The van der Waals surface area contributed by atoms with E-state index < -0.39 is 12.1 Å². The number of nitrogens with two attached hydrogens (primary N) is 1. The summed E-state index contributed by atoms with van der Waals surface area (Å²) in [6, 6.07) is 13.8. The van der Waals surface area contributed by atoms with Gasteiger partial charge in [0.2, 0.25) is 11.8 Å². The van der Waals surface area contributed by atoms with Gasteiger partial charge in [-0.05, 0) is 36.6 Å². The Kier molecular flexibility index (Phi) is 5.76. The first-order valence-electron chi connectivity index (χ1n) is 9.02. The normalized spacial score (nSPS) is 17.7. The van der Waals surface area contributed by atoms with Crippen molar-refractivity contribution in [2.45, 2.75) is 32.0 Å². The zero-order valence-electron chi connectivity index (χ0n) is 15.6. The van der Waals surface area contributed by atoms with E-state index in [2.05, 4.69) is 5.32 Å². The standard InChI is InChI=1S/C21H25N3O3/c1-14-3-7-16(8-4-14)19(22)20(25)23-18-11-12-24(21(18)26)13-15-5-9-17(27-2)10-6-15/h3-10,18-19H,11-13,22H2,1-2H3,(H,23,25). The summed E-state index contributed by atoms with van der Waals surface area (Å²) >= 11 is 0. The van der Waals surface area contributed by atoms with E-state index in [1.54, 1.807) is 12.0 Å². The minimum atomic E-state index is -0.783. The summed E-state index contributed by atoms with van der Waals surface area (Å²) < 4.78 is 5.15. The van der Waals surface area contributed by atoms with Gasteiger partial charge >= 0.3 is 0 Å². The molecule has 6 heteroatoms. The van der Waals surface area contributed by atoms with Crippen molar-refractivity contribution in [2.75, 3.05) is 13.7 Å². The molecular formula is C21H25N3O3. The van der Waals surface area contributed by atoms with Crippen LogP contribution in [0.1, 0.15) is 29.2 Å². The Morgan fingerprint density at radius 3 is 2.52 bits per heavy atom. The van der Waals surface area contributed by atoms with Crippen molar-refractivity contribution in [1.29, 1.82) is 0 Å². The van der Waals surface area contributed by atoms with E-state index in [1.807, 2.05) is 55.5 Å². The van der Waals surface area contributed by atoms with E-state index in [0.29, 0.717) is 19.5 Å². The molecule has 3 rings (SSSR count). The van der Waals surface area contributed by atoms with Gasteiger partial charge in [-0.3, -0.25) is 9.59 Å². The number of amides is 2. The average molecular weight is 367 g/mol. The number of benzene rings is 2. The van der Waals surface area contributed by atoms with Gasteiger partial charge in [0.25, 0.3) is 0 Å². The Balaban J connectivity index is 1.57. The second kappa shape index (κ2) is 8.22. The Morgan fingerprint density at radius 2 is 1.89 bits per heavy atom. The summed E-state index contributed by atoms with van der Waals surface area (Å²) in [5.41, 5.74) is 8.91. The van der Waals surface area contributed by atoms with Gasteiger partial charge in [0.1, 0.15) is 17.8 Å². The molecule has 2 aromatic rings. The fourth-order valence-electron chi connectivity index (χ4n) is 3.17. The van der Waals surface area contributed by atoms with Crippen LogP contribution < -0.4 is 15.8 Å². The van der Waals surface area contributed by atoms with Crippen molar-refractivity contribution in [3.05, 3.63) is 65.2 Å². The first-order chi connectivity index (χ1) is 13.0. The summed E-state index contributed by atoms with van der Waals surface area (Å²) in [7, 11) is 1.62. The molecule has 2 amide bonds. The van der Waals surface area contributed by atoms with Crippen LogP contribution in [0, 0.1) is 6.92 Å². The monoisotopic (exact) mass is 367 g/mol. The molecule has 1 fully saturated rings. The topological polar surface area (TPSA) is 84.7 Å². The van der Waals surface area contributed by atoms with Gasteiger partial charge in [-0.15, -0.1) is 0 Å². The lowest BCUT2D eigenvalue weighted by Crippen LogP contribution is -2.45. The number of carbonyl (C=O) groups excluding carboxylic acids is 2. The van der Waals surface area contributed by atoms with Crippen LogP contribution in [0.3, 0.4) is 0 Å². The van der Waals surface area contributed by atoms with E-state index in [4.69, 9.17) is 10.5 Å². The molecule has 6 nitrogen and oxygen atoms in total. The Labute approximate surface area is 159 Å². The van der Waals surface area contributed by atoms with Crippen LogP contribution in [0.4, 0.5) is 0 Å². The molecule has 1 saturated heterocycles. The van der Waals surface area contributed by atoms with Crippen LogP contribution in [0.15, 0.2) is 48.5 Å². The van der Waals surface area contributed by atoms with E-state index in [9.17, 15) is 9.59 Å². The number of nitrogens with one attached hydrogen (secondary N) is 1. The first-order valence-corrected chi connectivity index (χ1v) is 9.02. The number of hydrogen-bond donors (Lipinski definition) is 2. The molecule has 2 atom stereocenters. The Morgan fingerprint density at radius 1 is 1.22 bits per heavy atom. The van der Waals surface area contributed by atoms with E-state index in [-0.39, 0.29) is 11.8 Å². The summed E-state index contributed by atoms with van der Waals surface area (Å²) in [6.45, 7) is 3.10. The largest absolute Gasteiger partial charge is 0.497 e. The van der Waals surface area contributed by atoms with Gasteiger partial charge in [0, 0.05) is 13.1 Å². The molecule has 27 heavy (non-hydrogen) atoms. The molecule has 0 aromatic heterocycles. The Bertz CT molecular complexity index is 802. The van der Waals surface area contributed by atoms with E-state index in [1.165, 1.54) is 0 Å². The lowest BCUT2D eigenvalue weighted by Gasteiger charge is -2.19. The van der Waals surface area contributed by atoms with Crippen molar-refractivity contribution in [2.24, 2.45) is 5.73 Å². The molecule has 0 aliphatic carbocycles. The minimum Gasteiger partial charge on any atom is -0.497 e. The molecule has 0 saturated carbocycles. The zero-order chi connectivity index (χ0) is 19.4. The van der Waals surface area contributed by atoms with Crippen LogP contribution in [0.25, 0.3) is 0 Å². The van der Waals surface area contributed by atoms with Crippen molar-refractivity contribution < 1.29 is 14.3 Å². The van der Waals surface area contributed by atoms with Crippen molar-refractivity contribution in [3.63, 3.8) is 0 Å². The maximum Gasteiger partial charge on any atom is 0.245 e. The third-order valence-electron chi connectivity index (χ3n) is 4.87. The molecule has 0 bridgehead atoms. The predicted molar refractivity (Wildman–Crippen MR) is 103 cm³/mol. The van der Waals surface area contributed by atoms with Crippen LogP contribution >= 0.6 is 0 Å². The van der Waals surface area contributed by atoms with Gasteiger partial charge < -0.3 is 20.7 Å². The molecule has 1 heterocycles. The maximum atomic E-state index is 12.6. The number of aryl methyl sites for hydroxylation is 1. The molecule has 3 N–H and O–H groups in total. The third kappa shape index (κ3) is 4.46. The zero-order valence-corrected chi connectivity index (χ0v) is 15.6. The lowest BCUT2D eigenvalue weighted by molar-refractivity contribution is -0.133. The van der Waals surface area contributed by atoms with Gasteiger partial charge in [-0.2, -0.15) is 0 Å². The number of likely N-dealkylation sites (tertiary alicyclic amines) is 1. The molecular weight excluding hydrogens is 342 g/mol. The highest BCUT2D eigenvalue weighted by molar-refractivity contribution is 5.91. The third-order valence-corrected chi connectivity index (χ3v) is 4.87. The summed E-state index contributed by atoms with van der Waals surface area (Å²) in [5, 5.41) is 2.80. The van der Waals surface area contributed by atoms with Gasteiger partial charge in [0.15, 0.2) is 0 Å². The highest BCUT2D eigenvalue weighted by Gasteiger charge is 2.33. The fourth-order valence-corrected chi connectivity index (χ4v) is 3.17. The number of rotatable bonds is 6. The minimum absolute atomic E-state index is 0.0738. The van der Waals surface area contributed by atoms with E-state index >= 15 is 0 Å². The van der Waals surface area contributed by atoms with Crippen molar-refractivity contribution >= 4 is 11.8 Å².